The number of nitrogens with zero attached hydrogens (tertiary/aromatic N) is 4. The number of halogens is 4. The third-order valence-electron chi connectivity index (χ3n) is 10.6. The van der Waals surface area contributed by atoms with Crippen LogP contribution in [-0.4, -0.2) is 34.8 Å². The van der Waals surface area contributed by atoms with Gasteiger partial charge >= 0.3 is 17.3 Å². The predicted molar refractivity (Wildman–Crippen MR) is 266 cm³/mol. The zero-order valence-electron chi connectivity index (χ0n) is 37.3. The van der Waals surface area contributed by atoms with E-state index in [1.54, 1.807) is 72.7 Å². The average Bonchev–Trinajstić information content (AvgIpc) is 3.25. The van der Waals surface area contributed by atoms with Crippen molar-refractivity contribution in [2.24, 2.45) is 5.73 Å². The summed E-state index contributed by atoms with van der Waals surface area (Å²) in [7, 11) is 0. The van der Waals surface area contributed by atoms with Crippen LogP contribution in [-0.2, 0) is 35.7 Å². The molecule has 64 heavy (non-hydrogen) atoms. The second-order valence-corrected chi connectivity index (χ2v) is 17.4. The number of alkyl halides is 1. The number of esters is 1. The molecular formula is C49H55F2I2N5O6. The van der Waals surface area contributed by atoms with Crippen LogP contribution in [0.1, 0.15) is 83.9 Å². The second-order valence-electron chi connectivity index (χ2n) is 16.3. The first-order valence-corrected chi connectivity index (χ1v) is 23.7. The van der Waals surface area contributed by atoms with Crippen LogP contribution in [0.4, 0.5) is 8.78 Å². The van der Waals surface area contributed by atoms with Crippen LogP contribution in [0.15, 0.2) is 122 Å². The second kappa shape index (κ2) is 23.3. The molecule has 0 amide bonds. The standard InChI is InChI=1S/C27H31FN2O4.C21H21FIN3O2.CH3I/c1-18-10-9-13-23(28)22(18)17-29-19(2)14-24(31)30(26(29)33)16-21(20-11-7-6-8-12-20)15-25(32)34-27(3,4)5;1-13-7-6-10-17(22)16(13)11-25-14(2)19(23)20(27)26(21(25)28)12-18(24)15-8-4-3-5-9-15;1-2/h6-14,21H,15-17H2,1-5H3;3-10,18H,11-12,24H2,1-2H3;1H3/t21-;18-;/m00./s1. The number of benzene rings is 4. The topological polar surface area (TPSA) is 140 Å². The summed E-state index contributed by atoms with van der Waals surface area (Å²) in [6.45, 7) is 12.4. The highest BCUT2D eigenvalue weighted by Gasteiger charge is 2.24. The number of carbonyl (C=O) groups excluding carboxylic acids is 1. The molecule has 0 spiro atoms. The van der Waals surface area contributed by atoms with Crippen molar-refractivity contribution in [1.29, 1.82) is 0 Å². The lowest BCUT2D eigenvalue weighted by molar-refractivity contribution is -0.155. The monoisotopic (exact) mass is 1100 g/mol. The fourth-order valence-electron chi connectivity index (χ4n) is 7.07. The van der Waals surface area contributed by atoms with Crippen molar-refractivity contribution in [2.45, 2.75) is 98.6 Å². The predicted octanol–water partition coefficient (Wildman–Crippen LogP) is 8.50. The van der Waals surface area contributed by atoms with Crippen molar-refractivity contribution in [3.05, 3.63) is 205 Å². The lowest BCUT2D eigenvalue weighted by atomic mass is 9.95. The summed E-state index contributed by atoms with van der Waals surface area (Å²) in [5, 5.41) is 0. The van der Waals surface area contributed by atoms with Gasteiger partial charge < -0.3 is 10.5 Å². The molecule has 4 aromatic carbocycles. The van der Waals surface area contributed by atoms with Crippen LogP contribution < -0.4 is 28.2 Å². The molecule has 0 radical (unpaired) electrons. The first-order chi connectivity index (χ1) is 30.3. The first-order valence-electron chi connectivity index (χ1n) is 20.5. The maximum absolute atomic E-state index is 14.5. The Kier molecular flexibility index (Phi) is 18.8. The molecule has 2 N–H and O–H groups in total. The molecular weight excluding hydrogens is 1050 g/mol. The molecule has 0 aliphatic rings. The lowest BCUT2D eigenvalue weighted by Crippen LogP contribution is -2.44. The van der Waals surface area contributed by atoms with E-state index in [9.17, 15) is 32.8 Å². The Hall–Kier alpha value is -5.01. The molecule has 2 heterocycles. The zero-order valence-corrected chi connectivity index (χ0v) is 41.6. The molecule has 11 nitrogen and oxygen atoms in total. The molecule has 0 bridgehead atoms. The smallest absolute Gasteiger partial charge is 0.331 e. The molecule has 15 heteroatoms. The SMILES string of the molecule is CI.Cc1cccc(F)c1Cn1c(C)c(I)c(=O)n(C[C@H](N)c2ccccc2)c1=O.Cc1cccc(F)c1Cn1c(C)cc(=O)n(C[C@H](CC(=O)OC(C)(C)C)c2ccccc2)c1=O. The van der Waals surface area contributed by atoms with Crippen molar-refractivity contribution in [3.8, 4) is 0 Å². The minimum Gasteiger partial charge on any atom is -0.460 e. The Bertz CT molecular complexity index is 2760. The van der Waals surface area contributed by atoms with Gasteiger partial charge in [-0.1, -0.05) is 108 Å². The number of hydrogen-bond acceptors (Lipinski definition) is 7. The fourth-order valence-corrected chi connectivity index (χ4v) is 7.65. The number of hydrogen-bond donors (Lipinski definition) is 1. The summed E-state index contributed by atoms with van der Waals surface area (Å²) in [6, 6.07) is 29.0. The summed E-state index contributed by atoms with van der Waals surface area (Å²) >= 11 is 4.08. The summed E-state index contributed by atoms with van der Waals surface area (Å²) < 4.78 is 39.8. The van der Waals surface area contributed by atoms with Crippen molar-refractivity contribution < 1.29 is 18.3 Å². The summed E-state index contributed by atoms with van der Waals surface area (Å²) in [5.74, 6) is -1.65. The van der Waals surface area contributed by atoms with Crippen LogP contribution in [0.3, 0.4) is 0 Å². The molecule has 2 atom stereocenters. The van der Waals surface area contributed by atoms with Crippen molar-refractivity contribution >= 4 is 51.2 Å². The normalized spacial score (nSPS) is 12.0. The van der Waals surface area contributed by atoms with Gasteiger partial charge in [-0.3, -0.25) is 32.7 Å². The lowest BCUT2D eigenvalue weighted by Gasteiger charge is -2.23. The van der Waals surface area contributed by atoms with Crippen LogP contribution in [0.2, 0.25) is 0 Å². The number of aromatic nitrogens is 4. The molecule has 0 unspecified atom stereocenters. The molecule has 6 aromatic rings. The van der Waals surface area contributed by atoms with Gasteiger partial charge in [0.05, 0.1) is 29.6 Å². The fraction of sp³-hybridized carbons (Fsp3) is 0.327. The number of nitrogens with two attached hydrogens (primary N) is 1. The Morgan fingerprint density at radius 1 is 0.672 bits per heavy atom. The van der Waals surface area contributed by atoms with Crippen LogP contribution in [0.25, 0.3) is 0 Å². The highest BCUT2D eigenvalue weighted by molar-refractivity contribution is 14.1. The Balaban J connectivity index is 0.000000275. The molecule has 0 aliphatic heterocycles. The van der Waals surface area contributed by atoms with Crippen LogP contribution >= 0.6 is 45.2 Å². The quantitative estimate of drug-likeness (QED) is 0.0737. The molecule has 0 aliphatic carbocycles. The summed E-state index contributed by atoms with van der Waals surface area (Å²) in [4.78, 5) is 66.7. The van der Waals surface area contributed by atoms with Gasteiger partial charge in [0, 0.05) is 47.1 Å². The average molecular weight is 1100 g/mol. The Labute approximate surface area is 399 Å². The summed E-state index contributed by atoms with van der Waals surface area (Å²) in [5.41, 5.74) is 8.61. The molecule has 2 aromatic heterocycles. The Morgan fingerprint density at radius 2 is 1.16 bits per heavy atom. The number of ether oxygens (including phenoxy) is 1. The molecule has 0 saturated heterocycles. The molecule has 0 fully saturated rings. The van der Waals surface area contributed by atoms with E-state index in [0.717, 1.165) is 31.4 Å². The van der Waals surface area contributed by atoms with Gasteiger partial charge in [-0.25, -0.2) is 18.4 Å². The third-order valence-corrected chi connectivity index (χ3v) is 11.8. The maximum atomic E-state index is 14.5. The maximum Gasteiger partial charge on any atom is 0.331 e. The first kappa shape index (κ1) is 51.6. The van der Waals surface area contributed by atoms with E-state index in [4.69, 9.17) is 10.5 Å². The van der Waals surface area contributed by atoms with Gasteiger partial charge in [-0.15, -0.1) is 0 Å². The van der Waals surface area contributed by atoms with E-state index in [-0.39, 0.29) is 44.0 Å². The molecule has 6 rings (SSSR count). The van der Waals surface area contributed by atoms with Gasteiger partial charge in [-0.2, -0.15) is 0 Å². The van der Waals surface area contributed by atoms with Gasteiger partial charge in [0.25, 0.3) is 11.1 Å². The largest absolute Gasteiger partial charge is 0.460 e. The number of carbonyl (C=O) groups is 1. The minimum absolute atomic E-state index is 0.00252. The highest BCUT2D eigenvalue weighted by atomic mass is 127. The van der Waals surface area contributed by atoms with Gasteiger partial charge in [0.1, 0.15) is 17.2 Å². The van der Waals surface area contributed by atoms with Crippen molar-refractivity contribution in [2.75, 3.05) is 4.93 Å². The van der Waals surface area contributed by atoms with E-state index in [0.29, 0.717) is 26.1 Å². The van der Waals surface area contributed by atoms with E-state index < -0.39 is 46.3 Å². The van der Waals surface area contributed by atoms with Gasteiger partial charge in [0.2, 0.25) is 0 Å². The van der Waals surface area contributed by atoms with Crippen molar-refractivity contribution in [1.82, 2.24) is 18.3 Å². The highest BCUT2D eigenvalue weighted by Crippen LogP contribution is 2.24. The Morgan fingerprint density at radius 3 is 1.66 bits per heavy atom. The molecule has 340 valence electrons. The van der Waals surface area contributed by atoms with E-state index in [1.807, 2.05) is 88.2 Å². The van der Waals surface area contributed by atoms with Gasteiger partial charge in [0.15, 0.2) is 0 Å². The van der Waals surface area contributed by atoms with Crippen LogP contribution in [0.5, 0.6) is 0 Å². The van der Waals surface area contributed by atoms with Crippen molar-refractivity contribution in [3.63, 3.8) is 0 Å². The zero-order chi connectivity index (χ0) is 47.5. The van der Waals surface area contributed by atoms with Crippen LogP contribution in [0, 0.1) is 42.9 Å². The third kappa shape index (κ3) is 13.3. The minimum atomic E-state index is -0.649. The summed E-state index contributed by atoms with van der Waals surface area (Å²) in [6.07, 6.45) is 0.00740. The number of aryl methyl sites for hydroxylation is 3. The van der Waals surface area contributed by atoms with Gasteiger partial charge in [-0.05, 0) is 110 Å². The van der Waals surface area contributed by atoms with E-state index in [2.05, 4.69) is 22.6 Å². The van der Waals surface area contributed by atoms with E-state index >= 15 is 0 Å². The molecule has 0 saturated carbocycles. The number of rotatable bonds is 12. The van der Waals surface area contributed by atoms with E-state index in [1.165, 1.54) is 27.3 Å².